The van der Waals surface area contributed by atoms with Gasteiger partial charge < -0.3 is 10.2 Å². The largest absolute Gasteiger partial charge is 0.393 e. The second kappa shape index (κ2) is 9.35. The van der Waals surface area contributed by atoms with Gasteiger partial charge >= 0.3 is 6.18 Å². The number of aromatic nitrogens is 3. The molecule has 2 aliphatic rings. The summed E-state index contributed by atoms with van der Waals surface area (Å²) in [5, 5.41) is 2.29. The summed E-state index contributed by atoms with van der Waals surface area (Å²) in [6.07, 6.45) is 0.191. The summed E-state index contributed by atoms with van der Waals surface area (Å²) in [6, 6.07) is 3.07. The first kappa shape index (κ1) is 24.2. The minimum absolute atomic E-state index is 0.0243. The number of sulfonamides is 1. The van der Waals surface area contributed by atoms with Crippen LogP contribution in [0, 0.1) is 12.8 Å². The number of rotatable bonds is 7. The number of alkyl halides is 3. The lowest BCUT2D eigenvalue weighted by atomic mass is 9.97. The number of nitrogens with zero attached hydrogens (tertiary/aromatic N) is 4. The van der Waals surface area contributed by atoms with Crippen molar-refractivity contribution in [3.8, 4) is 0 Å². The summed E-state index contributed by atoms with van der Waals surface area (Å²) in [6.45, 7) is 1.89. The van der Waals surface area contributed by atoms with Crippen LogP contribution in [0.4, 0.5) is 24.7 Å². The molecule has 0 radical (unpaired) electrons. The summed E-state index contributed by atoms with van der Waals surface area (Å²) in [7, 11) is -3.41. The number of nitrogens with one attached hydrogen (secondary N) is 2. The SMILES string of the molecule is Cc1nc(C(=O)NCc2cc(NS(=O)(=O)C3CC3)ccn2)cnc1N1CCCC(C(F)(F)F)C1. The fraction of sp³-hybridized carbons (Fsp3) is 0.524. The molecule has 2 N–H and O–H groups in total. The van der Waals surface area contributed by atoms with Crippen LogP contribution in [0.25, 0.3) is 0 Å². The van der Waals surface area contributed by atoms with Gasteiger partial charge in [-0.25, -0.2) is 18.4 Å². The lowest BCUT2D eigenvalue weighted by Crippen LogP contribution is -2.42. The fourth-order valence-corrected chi connectivity index (χ4v) is 5.24. The van der Waals surface area contributed by atoms with E-state index in [4.69, 9.17) is 0 Å². The molecule has 34 heavy (non-hydrogen) atoms. The zero-order valence-corrected chi connectivity index (χ0v) is 19.3. The molecule has 1 saturated carbocycles. The Morgan fingerprint density at radius 2 is 2.00 bits per heavy atom. The Morgan fingerprint density at radius 3 is 2.68 bits per heavy atom. The quantitative estimate of drug-likeness (QED) is 0.603. The maximum absolute atomic E-state index is 13.1. The highest BCUT2D eigenvalue weighted by Gasteiger charge is 2.42. The summed E-state index contributed by atoms with van der Waals surface area (Å²) in [5.41, 5.74) is 1.20. The molecule has 1 atom stereocenters. The van der Waals surface area contributed by atoms with Gasteiger partial charge in [-0.05, 0) is 44.7 Å². The monoisotopic (exact) mass is 498 g/mol. The average molecular weight is 499 g/mol. The topological polar surface area (TPSA) is 117 Å². The van der Waals surface area contributed by atoms with Crippen LogP contribution in [0.1, 0.15) is 47.6 Å². The van der Waals surface area contributed by atoms with E-state index in [1.807, 2.05) is 0 Å². The predicted octanol–water partition coefficient (Wildman–Crippen LogP) is 2.79. The maximum Gasteiger partial charge on any atom is 0.393 e. The molecule has 9 nitrogen and oxygen atoms in total. The van der Waals surface area contributed by atoms with E-state index in [0.717, 1.165) is 0 Å². The number of amides is 1. The van der Waals surface area contributed by atoms with Gasteiger partial charge in [0.1, 0.15) is 11.5 Å². The van der Waals surface area contributed by atoms with Gasteiger partial charge in [-0.1, -0.05) is 0 Å². The number of piperidine rings is 1. The van der Waals surface area contributed by atoms with Crippen LogP contribution < -0.4 is 14.9 Å². The van der Waals surface area contributed by atoms with Gasteiger partial charge in [0, 0.05) is 19.3 Å². The van der Waals surface area contributed by atoms with Crippen LogP contribution in [0.5, 0.6) is 0 Å². The molecule has 3 heterocycles. The Balaban J connectivity index is 1.38. The van der Waals surface area contributed by atoms with E-state index in [-0.39, 0.29) is 30.5 Å². The number of halogens is 3. The lowest BCUT2D eigenvalue weighted by Gasteiger charge is -2.34. The van der Waals surface area contributed by atoms with E-state index < -0.39 is 28.0 Å². The number of carbonyl (C=O) groups is 1. The van der Waals surface area contributed by atoms with Crippen LogP contribution in [0.15, 0.2) is 24.5 Å². The van der Waals surface area contributed by atoms with Crippen molar-refractivity contribution in [2.45, 2.75) is 50.6 Å². The summed E-state index contributed by atoms with van der Waals surface area (Å²) < 4.78 is 66.0. The van der Waals surface area contributed by atoms with Crippen LogP contribution in [-0.4, -0.2) is 53.8 Å². The van der Waals surface area contributed by atoms with Crippen LogP contribution in [0.3, 0.4) is 0 Å². The van der Waals surface area contributed by atoms with Crippen molar-refractivity contribution in [2.75, 3.05) is 22.7 Å². The fourth-order valence-electron chi connectivity index (χ4n) is 3.86. The highest BCUT2D eigenvalue weighted by molar-refractivity contribution is 7.93. The van der Waals surface area contributed by atoms with Crippen molar-refractivity contribution in [1.82, 2.24) is 20.3 Å². The van der Waals surface area contributed by atoms with Gasteiger partial charge in [0.15, 0.2) is 0 Å². The third kappa shape index (κ3) is 5.75. The number of hydrogen-bond donors (Lipinski definition) is 2. The van der Waals surface area contributed by atoms with E-state index in [1.165, 1.54) is 24.5 Å². The second-order valence-electron chi connectivity index (χ2n) is 8.56. The Kier molecular flexibility index (Phi) is 6.65. The Morgan fingerprint density at radius 1 is 1.24 bits per heavy atom. The van der Waals surface area contributed by atoms with Crippen molar-refractivity contribution in [3.05, 3.63) is 41.6 Å². The van der Waals surface area contributed by atoms with Crippen LogP contribution in [0.2, 0.25) is 0 Å². The number of pyridine rings is 1. The standard InChI is InChI=1S/C21H25F3N6O3S/c1-13-19(30-8-2-3-14(12-30)21(22,23)24)26-11-18(28-13)20(31)27-10-16-9-15(6-7-25-16)29-34(32,33)17-4-5-17/h6-7,9,11,14,17H,2-5,8,10,12H2,1H3,(H,25,29)(H,27,31). The van der Waals surface area contributed by atoms with E-state index >= 15 is 0 Å². The first-order chi connectivity index (χ1) is 16.0. The molecule has 1 amide bonds. The van der Waals surface area contributed by atoms with Crippen molar-refractivity contribution >= 4 is 27.4 Å². The molecular weight excluding hydrogens is 473 g/mol. The number of aryl methyl sites for hydroxylation is 1. The summed E-state index contributed by atoms with van der Waals surface area (Å²) >= 11 is 0. The van der Waals surface area contributed by atoms with E-state index in [2.05, 4.69) is 25.0 Å². The molecule has 0 spiro atoms. The molecule has 1 unspecified atom stereocenters. The average Bonchev–Trinajstić information content (AvgIpc) is 3.63. The molecule has 1 aliphatic carbocycles. The molecule has 2 fully saturated rings. The van der Waals surface area contributed by atoms with Gasteiger partial charge in [-0.3, -0.25) is 14.5 Å². The first-order valence-electron chi connectivity index (χ1n) is 10.9. The van der Waals surface area contributed by atoms with Gasteiger partial charge in [0.2, 0.25) is 10.0 Å². The molecule has 0 aromatic carbocycles. The molecule has 2 aromatic rings. The minimum atomic E-state index is -4.26. The van der Waals surface area contributed by atoms with Gasteiger partial charge in [0.05, 0.1) is 41.0 Å². The number of carbonyl (C=O) groups excluding carboxylic acids is 1. The summed E-state index contributed by atoms with van der Waals surface area (Å²) in [5.74, 6) is -1.61. The normalized spacial score (nSPS) is 19.1. The minimum Gasteiger partial charge on any atom is -0.355 e. The summed E-state index contributed by atoms with van der Waals surface area (Å²) in [4.78, 5) is 26.7. The van der Waals surface area contributed by atoms with E-state index in [1.54, 1.807) is 11.8 Å². The maximum atomic E-state index is 13.1. The molecule has 13 heteroatoms. The highest BCUT2D eigenvalue weighted by atomic mass is 32.2. The van der Waals surface area contributed by atoms with E-state index in [0.29, 0.717) is 48.7 Å². The zero-order valence-electron chi connectivity index (χ0n) is 18.5. The molecule has 0 bridgehead atoms. The van der Waals surface area contributed by atoms with Crippen molar-refractivity contribution < 1.29 is 26.4 Å². The number of anilines is 2. The third-order valence-electron chi connectivity index (χ3n) is 5.81. The Labute approximate surface area is 195 Å². The van der Waals surface area contributed by atoms with Crippen LogP contribution >= 0.6 is 0 Å². The molecule has 4 rings (SSSR count). The third-order valence-corrected chi connectivity index (χ3v) is 7.68. The molecule has 1 aliphatic heterocycles. The van der Waals surface area contributed by atoms with Gasteiger partial charge in [-0.15, -0.1) is 0 Å². The van der Waals surface area contributed by atoms with E-state index in [9.17, 15) is 26.4 Å². The predicted molar refractivity (Wildman–Crippen MR) is 119 cm³/mol. The number of hydrogen-bond acceptors (Lipinski definition) is 7. The van der Waals surface area contributed by atoms with Crippen LogP contribution in [-0.2, 0) is 16.6 Å². The Bertz CT molecular complexity index is 1170. The van der Waals surface area contributed by atoms with Gasteiger partial charge in [0.25, 0.3) is 5.91 Å². The van der Waals surface area contributed by atoms with Crippen molar-refractivity contribution in [1.29, 1.82) is 0 Å². The molecule has 1 saturated heterocycles. The smallest absolute Gasteiger partial charge is 0.355 e. The van der Waals surface area contributed by atoms with Crippen molar-refractivity contribution in [2.24, 2.45) is 5.92 Å². The lowest BCUT2D eigenvalue weighted by molar-refractivity contribution is -0.176. The first-order valence-corrected chi connectivity index (χ1v) is 12.5. The molecule has 2 aromatic heterocycles. The van der Waals surface area contributed by atoms with Crippen molar-refractivity contribution in [3.63, 3.8) is 0 Å². The Hall–Kier alpha value is -2.96. The van der Waals surface area contributed by atoms with Gasteiger partial charge in [-0.2, -0.15) is 13.2 Å². The molecular formula is C21H25F3N6O3S. The second-order valence-corrected chi connectivity index (χ2v) is 10.5. The molecule has 184 valence electrons. The highest BCUT2D eigenvalue weighted by Crippen LogP contribution is 2.35. The zero-order chi connectivity index (χ0) is 24.5.